The number of ketones is 1. The van der Waals surface area contributed by atoms with Crippen LogP contribution in [0.1, 0.15) is 48.2 Å². The second kappa shape index (κ2) is 6.86. The molecule has 0 bridgehead atoms. The van der Waals surface area contributed by atoms with Crippen LogP contribution in [0.3, 0.4) is 0 Å². The van der Waals surface area contributed by atoms with Crippen molar-refractivity contribution in [2.45, 2.75) is 39.0 Å². The fourth-order valence-electron chi connectivity index (χ4n) is 3.04. The third-order valence-electron chi connectivity index (χ3n) is 4.71. The molecule has 0 saturated carbocycles. The first-order chi connectivity index (χ1) is 11.7. The van der Waals surface area contributed by atoms with Gasteiger partial charge in [-0.25, -0.2) is 8.78 Å². The number of phenolic OH excluding ortho intramolecular Hbond substituents is 1. The van der Waals surface area contributed by atoms with Gasteiger partial charge in [0.1, 0.15) is 0 Å². The van der Waals surface area contributed by atoms with Crippen molar-refractivity contribution in [1.82, 2.24) is 0 Å². The number of carbonyl (C=O) groups is 1. The third-order valence-corrected chi connectivity index (χ3v) is 4.71. The average molecular weight is 354 g/mol. The predicted octanol–water partition coefficient (Wildman–Crippen LogP) is 5.20. The van der Waals surface area contributed by atoms with Crippen molar-refractivity contribution in [1.29, 1.82) is 0 Å². The highest BCUT2D eigenvalue weighted by atomic mass is 19.2. The highest BCUT2D eigenvalue weighted by Crippen LogP contribution is 2.39. The standard InChI is InChI=1S/C19H18F4O2/c1-4-19(5-2,11-8-6-10(3)7-9-11)18(25)12-13(20)15(22)17(24)16(23)14(12)21/h6-9,24H,4-5H2,1-3H3. The molecule has 0 fully saturated rings. The number of rotatable bonds is 5. The van der Waals surface area contributed by atoms with Gasteiger partial charge >= 0.3 is 0 Å². The van der Waals surface area contributed by atoms with Crippen molar-refractivity contribution in [2.75, 3.05) is 0 Å². The van der Waals surface area contributed by atoms with Crippen molar-refractivity contribution in [2.24, 2.45) is 0 Å². The molecule has 6 heteroatoms. The molecule has 2 rings (SSSR count). The molecule has 2 aromatic rings. The molecule has 0 aromatic heterocycles. The average Bonchev–Trinajstić information content (AvgIpc) is 2.61. The van der Waals surface area contributed by atoms with E-state index >= 15 is 0 Å². The van der Waals surface area contributed by atoms with Crippen LogP contribution in [0.2, 0.25) is 0 Å². The Kier molecular flexibility index (Phi) is 5.20. The van der Waals surface area contributed by atoms with Gasteiger partial charge in [-0.05, 0) is 25.3 Å². The number of hydrogen-bond donors (Lipinski definition) is 1. The van der Waals surface area contributed by atoms with Gasteiger partial charge in [-0.2, -0.15) is 8.78 Å². The van der Waals surface area contributed by atoms with Crippen molar-refractivity contribution < 1.29 is 27.5 Å². The Morgan fingerprint density at radius 1 is 0.920 bits per heavy atom. The van der Waals surface area contributed by atoms with E-state index in [1.807, 2.05) is 6.92 Å². The van der Waals surface area contributed by atoms with E-state index < -0.39 is 45.8 Å². The number of hydrogen-bond acceptors (Lipinski definition) is 2. The number of aromatic hydroxyl groups is 1. The first-order valence-electron chi connectivity index (χ1n) is 7.88. The van der Waals surface area contributed by atoms with Crippen LogP contribution in [0.25, 0.3) is 0 Å². The first kappa shape index (κ1) is 19.0. The molecule has 0 aliphatic carbocycles. The number of benzene rings is 2. The minimum Gasteiger partial charge on any atom is -0.503 e. The second-order valence-electron chi connectivity index (χ2n) is 5.96. The third kappa shape index (κ3) is 2.90. The number of carbonyl (C=O) groups excluding carboxylic acids is 1. The molecular weight excluding hydrogens is 336 g/mol. The van der Waals surface area contributed by atoms with Gasteiger partial charge in [0.2, 0.25) is 11.6 Å². The van der Waals surface area contributed by atoms with Crippen molar-refractivity contribution >= 4 is 5.78 Å². The largest absolute Gasteiger partial charge is 0.503 e. The highest BCUT2D eigenvalue weighted by molar-refractivity contribution is 6.04. The van der Waals surface area contributed by atoms with E-state index in [1.54, 1.807) is 38.1 Å². The lowest BCUT2D eigenvalue weighted by atomic mass is 9.70. The molecule has 0 atom stereocenters. The fraction of sp³-hybridized carbons (Fsp3) is 0.316. The Bertz CT molecular complexity index is 780. The van der Waals surface area contributed by atoms with Gasteiger partial charge in [-0.1, -0.05) is 43.7 Å². The normalized spacial score (nSPS) is 11.6. The topological polar surface area (TPSA) is 37.3 Å². The van der Waals surface area contributed by atoms with Crippen molar-refractivity contribution in [3.05, 3.63) is 64.2 Å². The van der Waals surface area contributed by atoms with Gasteiger partial charge in [0.15, 0.2) is 23.2 Å². The van der Waals surface area contributed by atoms with E-state index in [0.29, 0.717) is 5.56 Å². The molecule has 0 radical (unpaired) electrons. The SMILES string of the molecule is CCC(CC)(C(=O)c1c(F)c(F)c(O)c(F)c1F)c1ccc(C)cc1. The number of aryl methyl sites for hydroxylation is 1. The molecule has 25 heavy (non-hydrogen) atoms. The molecule has 0 saturated heterocycles. The minimum absolute atomic E-state index is 0.175. The predicted molar refractivity (Wildman–Crippen MR) is 85.7 cm³/mol. The number of halogens is 4. The van der Waals surface area contributed by atoms with Gasteiger partial charge in [0.25, 0.3) is 0 Å². The van der Waals surface area contributed by atoms with Gasteiger partial charge in [-0.15, -0.1) is 0 Å². The summed E-state index contributed by atoms with van der Waals surface area (Å²) in [4.78, 5) is 13.0. The van der Waals surface area contributed by atoms with E-state index in [-0.39, 0.29) is 12.8 Å². The number of phenols is 1. The summed E-state index contributed by atoms with van der Waals surface area (Å²) in [6, 6.07) is 6.80. The van der Waals surface area contributed by atoms with E-state index in [0.717, 1.165) is 5.56 Å². The summed E-state index contributed by atoms with van der Waals surface area (Å²) in [5.74, 6) is -10.6. The molecular formula is C19H18F4O2. The molecule has 2 nitrogen and oxygen atoms in total. The summed E-state index contributed by atoms with van der Waals surface area (Å²) >= 11 is 0. The Balaban J connectivity index is 2.74. The maximum Gasteiger partial charge on any atom is 0.204 e. The highest BCUT2D eigenvalue weighted by Gasteiger charge is 2.42. The van der Waals surface area contributed by atoms with Gasteiger partial charge < -0.3 is 5.11 Å². The maximum atomic E-state index is 14.2. The number of Topliss-reactive ketones (excluding diaryl/α,β-unsaturated/α-hetero) is 1. The Hall–Kier alpha value is -2.37. The molecule has 0 aliphatic heterocycles. The van der Waals surface area contributed by atoms with Crippen LogP contribution in [0.4, 0.5) is 17.6 Å². The maximum absolute atomic E-state index is 14.2. The van der Waals surface area contributed by atoms with Crippen LogP contribution in [0.5, 0.6) is 5.75 Å². The quantitative estimate of drug-likeness (QED) is 0.455. The molecule has 0 aliphatic rings. The zero-order valence-corrected chi connectivity index (χ0v) is 14.1. The molecule has 0 spiro atoms. The Morgan fingerprint density at radius 3 is 1.76 bits per heavy atom. The molecule has 2 aromatic carbocycles. The second-order valence-corrected chi connectivity index (χ2v) is 5.96. The van der Waals surface area contributed by atoms with Crippen LogP contribution in [0.15, 0.2) is 24.3 Å². The van der Waals surface area contributed by atoms with E-state index in [9.17, 15) is 22.4 Å². The zero-order chi connectivity index (χ0) is 18.9. The molecule has 134 valence electrons. The monoisotopic (exact) mass is 354 g/mol. The lowest BCUT2D eigenvalue weighted by Gasteiger charge is -2.31. The summed E-state index contributed by atoms with van der Waals surface area (Å²) in [5, 5.41) is 9.10. The summed E-state index contributed by atoms with van der Waals surface area (Å²) in [5.41, 5.74) is -1.22. The molecule has 0 heterocycles. The van der Waals surface area contributed by atoms with Crippen molar-refractivity contribution in [3.63, 3.8) is 0 Å². The molecule has 0 amide bonds. The smallest absolute Gasteiger partial charge is 0.204 e. The van der Waals surface area contributed by atoms with Crippen LogP contribution in [-0.2, 0) is 5.41 Å². The summed E-state index contributed by atoms with van der Waals surface area (Å²) < 4.78 is 55.7. The lowest BCUT2D eigenvalue weighted by Crippen LogP contribution is -2.36. The van der Waals surface area contributed by atoms with Gasteiger partial charge in [0, 0.05) is 0 Å². The van der Waals surface area contributed by atoms with E-state index in [4.69, 9.17) is 5.11 Å². The fourth-order valence-corrected chi connectivity index (χ4v) is 3.04. The van der Waals surface area contributed by atoms with Crippen LogP contribution in [0, 0.1) is 30.2 Å². The van der Waals surface area contributed by atoms with E-state index in [1.165, 1.54) is 0 Å². The van der Waals surface area contributed by atoms with Gasteiger partial charge in [-0.3, -0.25) is 4.79 Å². The Labute approximate surface area is 143 Å². The lowest BCUT2D eigenvalue weighted by molar-refractivity contribution is 0.0860. The molecule has 0 unspecified atom stereocenters. The van der Waals surface area contributed by atoms with Crippen LogP contribution < -0.4 is 0 Å². The van der Waals surface area contributed by atoms with Crippen molar-refractivity contribution in [3.8, 4) is 5.75 Å². The minimum atomic E-state index is -1.98. The van der Waals surface area contributed by atoms with Gasteiger partial charge in [0.05, 0.1) is 11.0 Å². The first-order valence-corrected chi connectivity index (χ1v) is 7.88. The summed E-state index contributed by atoms with van der Waals surface area (Å²) in [7, 11) is 0. The summed E-state index contributed by atoms with van der Waals surface area (Å²) in [6.07, 6.45) is 0.350. The van der Waals surface area contributed by atoms with E-state index in [2.05, 4.69) is 0 Å². The van der Waals surface area contributed by atoms with Crippen LogP contribution in [-0.4, -0.2) is 10.9 Å². The summed E-state index contributed by atoms with van der Waals surface area (Å²) in [6.45, 7) is 5.16. The zero-order valence-electron chi connectivity index (χ0n) is 14.1. The van der Waals surface area contributed by atoms with Crippen LogP contribution >= 0.6 is 0 Å². The Morgan fingerprint density at radius 2 is 1.36 bits per heavy atom. The molecule has 1 N–H and O–H groups in total.